The fourth-order valence-electron chi connectivity index (χ4n) is 3.57. The molecule has 3 heteroatoms. The zero-order valence-corrected chi connectivity index (χ0v) is 11.9. The van der Waals surface area contributed by atoms with Crippen LogP contribution in [0, 0.1) is 11.8 Å². The molecule has 0 bridgehead atoms. The van der Waals surface area contributed by atoms with Crippen LogP contribution in [0.25, 0.3) is 0 Å². The van der Waals surface area contributed by atoms with E-state index in [9.17, 15) is 4.79 Å². The summed E-state index contributed by atoms with van der Waals surface area (Å²) < 4.78 is 5.49. The van der Waals surface area contributed by atoms with Crippen LogP contribution in [0.4, 0.5) is 0 Å². The molecule has 1 unspecified atom stereocenters. The summed E-state index contributed by atoms with van der Waals surface area (Å²) in [5.41, 5.74) is 0. The zero-order valence-electron chi connectivity index (χ0n) is 11.9. The van der Waals surface area contributed by atoms with Gasteiger partial charge in [0.1, 0.15) is 0 Å². The van der Waals surface area contributed by atoms with Gasteiger partial charge in [0.25, 0.3) is 0 Å². The molecular formula is C15H28NO2+. The van der Waals surface area contributed by atoms with Crippen LogP contribution in [-0.2, 0) is 9.53 Å². The highest BCUT2D eigenvalue weighted by atomic mass is 16.5. The average Bonchev–Trinajstić information content (AvgIpc) is 2.35. The molecule has 2 aliphatic heterocycles. The van der Waals surface area contributed by atoms with Crippen LogP contribution in [0.15, 0.2) is 0 Å². The Morgan fingerprint density at radius 3 is 2.78 bits per heavy atom. The lowest BCUT2D eigenvalue weighted by Gasteiger charge is -2.41. The number of hydrogen-bond acceptors (Lipinski definition) is 2. The van der Waals surface area contributed by atoms with Gasteiger partial charge in [-0.25, -0.2) is 0 Å². The summed E-state index contributed by atoms with van der Waals surface area (Å²) >= 11 is 0. The first-order valence-electron chi connectivity index (χ1n) is 7.67. The molecule has 18 heavy (non-hydrogen) atoms. The number of quaternary nitrogens is 1. The van der Waals surface area contributed by atoms with Crippen LogP contribution in [0.1, 0.15) is 52.4 Å². The third-order valence-corrected chi connectivity index (χ3v) is 4.46. The number of fused-ring (bicyclic) bond motifs is 1. The van der Waals surface area contributed by atoms with Crippen LogP contribution in [-0.4, -0.2) is 31.7 Å². The Kier molecular flexibility index (Phi) is 5.04. The lowest BCUT2D eigenvalue weighted by Crippen LogP contribution is -3.18. The van der Waals surface area contributed by atoms with Crippen molar-refractivity contribution in [1.82, 2.24) is 0 Å². The molecule has 2 heterocycles. The highest BCUT2D eigenvalue weighted by molar-refractivity contribution is 5.69. The minimum Gasteiger partial charge on any atom is -0.465 e. The highest BCUT2D eigenvalue weighted by Crippen LogP contribution is 2.21. The van der Waals surface area contributed by atoms with Gasteiger partial charge in [-0.15, -0.1) is 0 Å². The Bertz CT molecular complexity index is 276. The third kappa shape index (κ3) is 3.71. The second-order valence-electron chi connectivity index (χ2n) is 6.44. The minimum atomic E-state index is -0.00654. The molecular weight excluding hydrogens is 226 g/mol. The average molecular weight is 254 g/mol. The van der Waals surface area contributed by atoms with E-state index >= 15 is 0 Å². The van der Waals surface area contributed by atoms with E-state index in [-0.39, 0.29) is 5.97 Å². The smallest absolute Gasteiger partial charge is 0.306 e. The van der Waals surface area contributed by atoms with Crippen LogP contribution in [0.3, 0.4) is 0 Å². The van der Waals surface area contributed by atoms with Crippen LogP contribution >= 0.6 is 0 Å². The minimum absolute atomic E-state index is 0.00654. The Labute approximate surface area is 111 Å². The predicted molar refractivity (Wildman–Crippen MR) is 71.5 cm³/mol. The number of hydrogen-bond donors (Lipinski definition) is 1. The Morgan fingerprint density at radius 1 is 1.22 bits per heavy atom. The van der Waals surface area contributed by atoms with E-state index in [4.69, 9.17) is 4.74 Å². The Morgan fingerprint density at radius 2 is 2.00 bits per heavy atom. The van der Waals surface area contributed by atoms with Crippen molar-refractivity contribution in [2.24, 2.45) is 11.8 Å². The van der Waals surface area contributed by atoms with Crippen LogP contribution in [0.5, 0.6) is 0 Å². The maximum Gasteiger partial charge on any atom is 0.306 e. The number of nitrogens with one attached hydrogen (secondary N) is 1. The molecule has 0 amide bonds. The van der Waals surface area contributed by atoms with Gasteiger partial charge in [0, 0.05) is 12.3 Å². The van der Waals surface area contributed by atoms with E-state index in [1.807, 2.05) is 0 Å². The summed E-state index contributed by atoms with van der Waals surface area (Å²) in [7, 11) is 0. The lowest BCUT2D eigenvalue weighted by molar-refractivity contribution is -0.940. The second-order valence-corrected chi connectivity index (χ2v) is 6.44. The molecule has 0 aromatic carbocycles. The molecule has 2 rings (SSSR count). The molecule has 104 valence electrons. The monoisotopic (exact) mass is 254 g/mol. The molecule has 0 saturated carbocycles. The molecule has 2 aliphatic rings. The van der Waals surface area contributed by atoms with E-state index in [0.29, 0.717) is 24.9 Å². The van der Waals surface area contributed by atoms with Crippen molar-refractivity contribution in [2.45, 2.75) is 58.4 Å². The van der Waals surface area contributed by atoms with Crippen molar-refractivity contribution < 1.29 is 14.4 Å². The highest BCUT2D eigenvalue weighted by Gasteiger charge is 2.37. The number of rotatable bonds is 4. The van der Waals surface area contributed by atoms with E-state index in [0.717, 1.165) is 6.04 Å². The van der Waals surface area contributed by atoms with Gasteiger partial charge in [-0.1, -0.05) is 13.8 Å². The van der Waals surface area contributed by atoms with Crippen molar-refractivity contribution in [1.29, 1.82) is 0 Å². The predicted octanol–water partition coefficient (Wildman–Crippen LogP) is 1.42. The summed E-state index contributed by atoms with van der Waals surface area (Å²) in [6, 6.07) is 0.763. The SMILES string of the molecule is CC(C)CC(=O)OC[C@H]1CCC[NH+]2CCCC[C@@H]12. The van der Waals surface area contributed by atoms with Gasteiger partial charge in [0.2, 0.25) is 0 Å². The first-order valence-corrected chi connectivity index (χ1v) is 7.67. The number of carbonyl (C=O) groups is 1. The molecule has 3 atom stereocenters. The van der Waals surface area contributed by atoms with Gasteiger partial charge in [0.15, 0.2) is 0 Å². The quantitative estimate of drug-likeness (QED) is 0.769. The summed E-state index contributed by atoms with van der Waals surface area (Å²) in [6.45, 7) is 7.46. The first-order chi connectivity index (χ1) is 8.66. The fraction of sp³-hybridized carbons (Fsp3) is 0.933. The number of esters is 1. The summed E-state index contributed by atoms with van der Waals surface area (Å²) in [4.78, 5) is 13.4. The molecule has 3 nitrogen and oxygen atoms in total. The maximum absolute atomic E-state index is 11.6. The molecule has 1 N–H and O–H groups in total. The summed E-state index contributed by atoms with van der Waals surface area (Å²) in [5, 5.41) is 0. The third-order valence-electron chi connectivity index (χ3n) is 4.46. The number of ether oxygens (including phenoxy) is 1. The normalized spacial score (nSPS) is 32.1. The van der Waals surface area contributed by atoms with Gasteiger partial charge in [0.05, 0.1) is 25.7 Å². The van der Waals surface area contributed by atoms with Crippen molar-refractivity contribution >= 4 is 5.97 Å². The molecule has 0 aliphatic carbocycles. The largest absolute Gasteiger partial charge is 0.465 e. The molecule has 0 aromatic rings. The second kappa shape index (κ2) is 6.55. The Balaban J connectivity index is 1.79. The maximum atomic E-state index is 11.6. The van der Waals surface area contributed by atoms with Gasteiger partial charge < -0.3 is 9.64 Å². The molecule has 0 spiro atoms. The summed E-state index contributed by atoms with van der Waals surface area (Å²) in [6.07, 6.45) is 7.20. The van der Waals surface area contributed by atoms with Gasteiger partial charge in [-0.3, -0.25) is 4.79 Å². The number of piperidine rings is 2. The van der Waals surface area contributed by atoms with Gasteiger partial charge >= 0.3 is 5.97 Å². The zero-order chi connectivity index (χ0) is 13.0. The van der Waals surface area contributed by atoms with E-state index in [1.165, 1.54) is 45.2 Å². The van der Waals surface area contributed by atoms with E-state index in [2.05, 4.69) is 13.8 Å². The van der Waals surface area contributed by atoms with Crippen molar-refractivity contribution in [3.8, 4) is 0 Å². The lowest BCUT2D eigenvalue weighted by atomic mass is 9.84. The van der Waals surface area contributed by atoms with Crippen LogP contribution < -0.4 is 4.90 Å². The summed E-state index contributed by atoms with van der Waals surface area (Å²) in [5.74, 6) is 1.01. The van der Waals surface area contributed by atoms with Crippen molar-refractivity contribution in [3.63, 3.8) is 0 Å². The fourth-order valence-corrected chi connectivity index (χ4v) is 3.57. The first kappa shape index (κ1) is 13.9. The van der Waals surface area contributed by atoms with Crippen LogP contribution in [0.2, 0.25) is 0 Å². The molecule has 2 saturated heterocycles. The van der Waals surface area contributed by atoms with E-state index in [1.54, 1.807) is 4.90 Å². The Hall–Kier alpha value is -0.570. The standard InChI is InChI=1S/C15H27NO2/c1-12(2)10-15(17)18-11-13-6-5-9-16-8-4-3-7-14(13)16/h12-14H,3-11H2,1-2H3/p+1/t13-,14+/m1/s1. The van der Waals surface area contributed by atoms with Gasteiger partial charge in [-0.05, 0) is 38.0 Å². The van der Waals surface area contributed by atoms with Crippen molar-refractivity contribution in [2.75, 3.05) is 19.7 Å². The topological polar surface area (TPSA) is 30.7 Å². The van der Waals surface area contributed by atoms with Gasteiger partial charge in [-0.2, -0.15) is 0 Å². The number of carbonyl (C=O) groups excluding carboxylic acids is 1. The van der Waals surface area contributed by atoms with E-state index < -0.39 is 0 Å². The molecule has 2 fully saturated rings. The molecule has 0 aromatic heterocycles. The van der Waals surface area contributed by atoms with Crippen molar-refractivity contribution in [3.05, 3.63) is 0 Å². The molecule has 0 radical (unpaired) electrons.